The van der Waals surface area contributed by atoms with Crippen molar-refractivity contribution in [3.63, 3.8) is 0 Å². The summed E-state index contributed by atoms with van der Waals surface area (Å²) < 4.78 is 15.0. The minimum Gasteiger partial charge on any atom is -0.351 e. The van der Waals surface area contributed by atoms with Gasteiger partial charge in [-0.3, -0.25) is 9.36 Å². The number of allylic oxidation sites excluding steroid dienone is 1. The summed E-state index contributed by atoms with van der Waals surface area (Å²) in [5.41, 5.74) is 1.67. The zero-order valence-electron chi connectivity index (χ0n) is 14.9. The predicted molar refractivity (Wildman–Crippen MR) is 110 cm³/mol. The molecular weight excluding hydrogens is 399 g/mol. The summed E-state index contributed by atoms with van der Waals surface area (Å²) >= 11 is 7.23. The minimum absolute atomic E-state index is 0.124. The number of nitrogens with zero attached hydrogens (tertiary/aromatic N) is 3. The second-order valence-electron chi connectivity index (χ2n) is 5.91. The lowest BCUT2D eigenvalue weighted by molar-refractivity contribution is -0.118. The third kappa shape index (κ3) is 5.21. The van der Waals surface area contributed by atoms with Gasteiger partial charge in [0.05, 0.1) is 5.75 Å². The number of carbonyl (C=O) groups excluding carboxylic acids is 1. The van der Waals surface area contributed by atoms with Gasteiger partial charge in [0.25, 0.3) is 0 Å². The van der Waals surface area contributed by atoms with E-state index in [-0.39, 0.29) is 17.5 Å². The van der Waals surface area contributed by atoms with Crippen molar-refractivity contribution >= 4 is 29.3 Å². The van der Waals surface area contributed by atoms with Crippen LogP contribution >= 0.6 is 23.4 Å². The van der Waals surface area contributed by atoms with Gasteiger partial charge in [-0.2, -0.15) is 0 Å². The number of hydrogen-bond donors (Lipinski definition) is 1. The normalized spacial score (nSPS) is 10.6. The number of amides is 1. The van der Waals surface area contributed by atoms with Crippen molar-refractivity contribution < 1.29 is 9.18 Å². The molecule has 28 heavy (non-hydrogen) atoms. The summed E-state index contributed by atoms with van der Waals surface area (Å²) in [4.78, 5) is 12.2. The number of aromatic nitrogens is 3. The summed E-state index contributed by atoms with van der Waals surface area (Å²) in [5.74, 6) is 0.354. The van der Waals surface area contributed by atoms with E-state index in [1.165, 1.54) is 23.9 Å². The second-order valence-corrected chi connectivity index (χ2v) is 7.29. The highest BCUT2D eigenvalue weighted by Crippen LogP contribution is 2.24. The predicted octanol–water partition coefficient (Wildman–Crippen LogP) is 4.33. The molecular formula is C20H18ClFN4OS. The molecule has 0 spiro atoms. The Morgan fingerprint density at radius 2 is 2.04 bits per heavy atom. The van der Waals surface area contributed by atoms with Gasteiger partial charge in [0, 0.05) is 23.7 Å². The van der Waals surface area contributed by atoms with E-state index in [1.54, 1.807) is 24.3 Å². The van der Waals surface area contributed by atoms with Crippen LogP contribution in [0, 0.1) is 5.82 Å². The lowest BCUT2D eigenvalue weighted by Gasteiger charge is -2.08. The largest absolute Gasteiger partial charge is 0.351 e. The molecule has 0 atom stereocenters. The van der Waals surface area contributed by atoms with Gasteiger partial charge >= 0.3 is 0 Å². The van der Waals surface area contributed by atoms with E-state index in [1.807, 2.05) is 22.8 Å². The summed E-state index contributed by atoms with van der Waals surface area (Å²) in [6.07, 6.45) is 1.72. The van der Waals surface area contributed by atoms with Crippen molar-refractivity contribution in [3.8, 4) is 11.4 Å². The number of benzene rings is 2. The number of nitrogens with one attached hydrogen (secondary N) is 1. The molecule has 5 nitrogen and oxygen atoms in total. The fraction of sp³-hybridized carbons (Fsp3) is 0.150. The number of hydrogen-bond acceptors (Lipinski definition) is 4. The van der Waals surface area contributed by atoms with Crippen LogP contribution in [-0.4, -0.2) is 26.4 Å². The Labute approximate surface area is 171 Å². The molecule has 144 valence electrons. The van der Waals surface area contributed by atoms with Crippen LogP contribution in [-0.2, 0) is 17.9 Å². The molecule has 2 aromatic carbocycles. The smallest absolute Gasteiger partial charge is 0.230 e. The first-order chi connectivity index (χ1) is 13.6. The molecule has 1 heterocycles. The molecule has 0 bridgehead atoms. The summed E-state index contributed by atoms with van der Waals surface area (Å²) in [6.45, 7) is 4.64. The first-order valence-corrected chi connectivity index (χ1v) is 9.87. The van der Waals surface area contributed by atoms with Crippen LogP contribution in [0.4, 0.5) is 4.39 Å². The van der Waals surface area contributed by atoms with Crippen molar-refractivity contribution in [3.05, 3.63) is 77.6 Å². The van der Waals surface area contributed by atoms with Crippen LogP contribution in [0.3, 0.4) is 0 Å². The highest BCUT2D eigenvalue weighted by atomic mass is 35.5. The average Bonchev–Trinajstić information content (AvgIpc) is 3.08. The second kappa shape index (κ2) is 9.52. The van der Waals surface area contributed by atoms with Gasteiger partial charge in [0.1, 0.15) is 5.82 Å². The summed E-state index contributed by atoms with van der Waals surface area (Å²) in [5, 5.41) is 12.4. The van der Waals surface area contributed by atoms with Gasteiger partial charge in [-0.1, -0.05) is 41.6 Å². The van der Waals surface area contributed by atoms with E-state index in [0.717, 1.165) is 11.1 Å². The first-order valence-electron chi connectivity index (χ1n) is 8.51. The molecule has 8 heteroatoms. The Bertz CT molecular complexity index is 975. The molecule has 0 aliphatic carbocycles. The van der Waals surface area contributed by atoms with Crippen LogP contribution in [0.2, 0.25) is 5.02 Å². The zero-order chi connectivity index (χ0) is 19.9. The van der Waals surface area contributed by atoms with Gasteiger partial charge in [0.15, 0.2) is 11.0 Å². The fourth-order valence-electron chi connectivity index (χ4n) is 2.53. The van der Waals surface area contributed by atoms with E-state index in [0.29, 0.717) is 29.1 Å². The van der Waals surface area contributed by atoms with Crippen LogP contribution in [0.5, 0.6) is 0 Å². The molecule has 3 aromatic rings. The maximum atomic E-state index is 13.2. The van der Waals surface area contributed by atoms with Crippen molar-refractivity contribution in [2.24, 2.45) is 0 Å². The third-order valence-corrected chi connectivity index (χ3v) is 5.04. The molecule has 0 aliphatic rings. The Balaban J connectivity index is 1.64. The van der Waals surface area contributed by atoms with E-state index in [9.17, 15) is 9.18 Å². The monoisotopic (exact) mass is 416 g/mol. The molecule has 0 unspecified atom stereocenters. The van der Waals surface area contributed by atoms with Gasteiger partial charge in [-0.15, -0.1) is 16.8 Å². The van der Waals surface area contributed by atoms with E-state index >= 15 is 0 Å². The molecule has 0 aliphatic heterocycles. The van der Waals surface area contributed by atoms with Gasteiger partial charge in [-0.05, 0) is 42.0 Å². The van der Waals surface area contributed by atoms with E-state index in [4.69, 9.17) is 11.6 Å². The van der Waals surface area contributed by atoms with Crippen LogP contribution in [0.15, 0.2) is 66.3 Å². The zero-order valence-corrected chi connectivity index (χ0v) is 16.5. The molecule has 0 saturated heterocycles. The number of carbonyl (C=O) groups is 1. The molecule has 0 radical (unpaired) electrons. The highest BCUT2D eigenvalue weighted by molar-refractivity contribution is 7.99. The standard InChI is InChI=1S/C20H18ClFN4OS/c1-2-10-26-19(15-6-8-17(22)9-7-15)24-25-20(26)28-13-18(27)23-12-14-4-3-5-16(21)11-14/h2-9,11H,1,10,12-13H2,(H,23,27). The highest BCUT2D eigenvalue weighted by Gasteiger charge is 2.15. The minimum atomic E-state index is -0.315. The van der Waals surface area contributed by atoms with Crippen molar-refractivity contribution in [2.45, 2.75) is 18.2 Å². The molecule has 0 saturated carbocycles. The van der Waals surface area contributed by atoms with Crippen molar-refractivity contribution in [1.29, 1.82) is 0 Å². The summed E-state index contributed by atoms with van der Waals surface area (Å²) in [6, 6.07) is 13.4. The van der Waals surface area contributed by atoms with E-state index in [2.05, 4.69) is 22.1 Å². The Morgan fingerprint density at radius 1 is 1.25 bits per heavy atom. The van der Waals surface area contributed by atoms with Gasteiger partial charge in [0.2, 0.25) is 5.91 Å². The fourth-order valence-corrected chi connectivity index (χ4v) is 3.52. The molecule has 1 N–H and O–H groups in total. The van der Waals surface area contributed by atoms with Gasteiger partial charge in [-0.25, -0.2) is 4.39 Å². The maximum absolute atomic E-state index is 13.2. The van der Waals surface area contributed by atoms with Crippen LogP contribution in [0.25, 0.3) is 11.4 Å². The Morgan fingerprint density at radius 3 is 2.75 bits per heavy atom. The first kappa shape index (κ1) is 20.1. The maximum Gasteiger partial charge on any atom is 0.230 e. The third-order valence-electron chi connectivity index (χ3n) is 3.84. The van der Waals surface area contributed by atoms with Crippen LogP contribution in [0.1, 0.15) is 5.56 Å². The molecule has 1 amide bonds. The number of thioether (sulfide) groups is 1. The van der Waals surface area contributed by atoms with Crippen LogP contribution < -0.4 is 5.32 Å². The topological polar surface area (TPSA) is 59.8 Å². The van der Waals surface area contributed by atoms with Gasteiger partial charge < -0.3 is 5.32 Å². The Hall–Kier alpha value is -2.64. The lowest BCUT2D eigenvalue weighted by Crippen LogP contribution is -2.24. The quantitative estimate of drug-likeness (QED) is 0.438. The molecule has 1 aromatic heterocycles. The lowest BCUT2D eigenvalue weighted by atomic mass is 10.2. The molecule has 3 rings (SSSR count). The average molecular weight is 417 g/mol. The Kier molecular flexibility index (Phi) is 6.84. The number of rotatable bonds is 8. The van der Waals surface area contributed by atoms with E-state index < -0.39 is 0 Å². The molecule has 0 fully saturated rings. The van der Waals surface area contributed by atoms with Crippen molar-refractivity contribution in [2.75, 3.05) is 5.75 Å². The number of halogens is 2. The SMILES string of the molecule is C=CCn1c(SCC(=O)NCc2cccc(Cl)c2)nnc1-c1ccc(F)cc1. The van der Waals surface area contributed by atoms with Crippen molar-refractivity contribution in [1.82, 2.24) is 20.1 Å². The summed E-state index contributed by atoms with van der Waals surface area (Å²) in [7, 11) is 0.